The van der Waals surface area contributed by atoms with Gasteiger partial charge in [0.1, 0.15) is 0 Å². The number of carbonyl (C=O) groups excluding carboxylic acids is 2. The van der Waals surface area contributed by atoms with Crippen molar-refractivity contribution in [3.05, 3.63) is 46.1 Å². The fourth-order valence-corrected chi connectivity index (χ4v) is 3.75. The number of esters is 1. The molecule has 0 aromatic heterocycles. The van der Waals surface area contributed by atoms with Gasteiger partial charge in [-0.25, -0.2) is 9.59 Å². The molecule has 1 unspecified atom stereocenters. The van der Waals surface area contributed by atoms with Crippen LogP contribution in [0.25, 0.3) is 0 Å². The van der Waals surface area contributed by atoms with Gasteiger partial charge >= 0.3 is 12.0 Å². The predicted molar refractivity (Wildman–Crippen MR) is 99.8 cm³/mol. The molecule has 1 fully saturated rings. The Balaban J connectivity index is 1.97. The van der Waals surface area contributed by atoms with Crippen LogP contribution in [0.4, 0.5) is 4.79 Å². The summed E-state index contributed by atoms with van der Waals surface area (Å²) in [6, 6.07) is 6.24. The molecule has 7 heteroatoms. The molecule has 1 saturated heterocycles. The van der Waals surface area contributed by atoms with Gasteiger partial charge < -0.3 is 15.4 Å². The van der Waals surface area contributed by atoms with Gasteiger partial charge in [0, 0.05) is 17.3 Å². The lowest BCUT2D eigenvalue weighted by Crippen LogP contribution is -2.48. The number of amides is 2. The third kappa shape index (κ3) is 4.37. The van der Waals surface area contributed by atoms with E-state index in [1.165, 1.54) is 20.0 Å². The number of halogens is 1. The molecule has 1 aromatic rings. The van der Waals surface area contributed by atoms with E-state index in [2.05, 4.69) is 15.5 Å². The molecule has 0 saturated carbocycles. The van der Waals surface area contributed by atoms with Crippen LogP contribution in [0, 0.1) is 0 Å². The monoisotopic (exact) mass is 377 g/mol. The SMILES string of the molecule is COC(=O)C1=C(CN2CCCCCC2)NC(=O)NC1c1cccc(Cl)c1. The van der Waals surface area contributed by atoms with E-state index in [9.17, 15) is 9.59 Å². The van der Waals surface area contributed by atoms with Crippen LogP contribution in [0.3, 0.4) is 0 Å². The Kier molecular flexibility index (Phi) is 6.16. The maximum atomic E-state index is 12.5. The molecular formula is C19H24ClN3O3. The highest BCUT2D eigenvalue weighted by atomic mass is 35.5. The van der Waals surface area contributed by atoms with Gasteiger partial charge in [0.25, 0.3) is 0 Å². The minimum atomic E-state index is -0.586. The predicted octanol–water partition coefficient (Wildman–Crippen LogP) is 3.00. The fraction of sp³-hybridized carbons (Fsp3) is 0.474. The van der Waals surface area contributed by atoms with Crippen molar-refractivity contribution in [1.29, 1.82) is 0 Å². The van der Waals surface area contributed by atoms with Crippen LogP contribution in [0.5, 0.6) is 0 Å². The van der Waals surface area contributed by atoms with Crippen molar-refractivity contribution >= 4 is 23.6 Å². The van der Waals surface area contributed by atoms with Crippen LogP contribution in [-0.2, 0) is 9.53 Å². The van der Waals surface area contributed by atoms with Crippen LogP contribution in [0.2, 0.25) is 5.02 Å². The number of hydrogen-bond acceptors (Lipinski definition) is 4. The summed E-state index contributed by atoms with van der Waals surface area (Å²) >= 11 is 6.10. The molecule has 2 heterocycles. The first-order valence-electron chi connectivity index (χ1n) is 8.95. The van der Waals surface area contributed by atoms with E-state index in [4.69, 9.17) is 16.3 Å². The van der Waals surface area contributed by atoms with Gasteiger partial charge in [-0.05, 0) is 43.6 Å². The summed E-state index contributed by atoms with van der Waals surface area (Å²) < 4.78 is 5.01. The zero-order valence-corrected chi connectivity index (χ0v) is 15.6. The van der Waals surface area contributed by atoms with Crippen molar-refractivity contribution in [2.24, 2.45) is 0 Å². The Hall–Kier alpha value is -2.05. The summed E-state index contributed by atoms with van der Waals surface area (Å²) in [6.45, 7) is 2.45. The van der Waals surface area contributed by atoms with E-state index in [0.29, 0.717) is 22.8 Å². The summed E-state index contributed by atoms with van der Waals surface area (Å²) in [5.74, 6) is -0.452. The summed E-state index contributed by atoms with van der Waals surface area (Å²) in [5.41, 5.74) is 1.78. The highest BCUT2D eigenvalue weighted by Crippen LogP contribution is 2.29. The number of benzene rings is 1. The molecule has 0 bridgehead atoms. The number of nitrogens with zero attached hydrogens (tertiary/aromatic N) is 1. The number of carbonyl (C=O) groups is 2. The van der Waals surface area contributed by atoms with Crippen LogP contribution in [-0.4, -0.2) is 43.6 Å². The van der Waals surface area contributed by atoms with Crippen molar-refractivity contribution in [2.75, 3.05) is 26.7 Å². The molecule has 2 amide bonds. The Morgan fingerprint density at radius 3 is 2.65 bits per heavy atom. The van der Waals surface area contributed by atoms with E-state index in [1.54, 1.807) is 18.2 Å². The number of nitrogens with one attached hydrogen (secondary N) is 2. The highest BCUT2D eigenvalue weighted by Gasteiger charge is 2.34. The largest absolute Gasteiger partial charge is 0.466 e. The van der Waals surface area contributed by atoms with Crippen molar-refractivity contribution < 1.29 is 14.3 Å². The summed E-state index contributed by atoms with van der Waals surface area (Å²) in [6.07, 6.45) is 4.70. The van der Waals surface area contributed by atoms with Gasteiger partial charge in [0.2, 0.25) is 0 Å². The van der Waals surface area contributed by atoms with E-state index in [-0.39, 0.29) is 6.03 Å². The zero-order valence-electron chi connectivity index (χ0n) is 14.9. The van der Waals surface area contributed by atoms with Gasteiger partial charge in [0.05, 0.1) is 18.7 Å². The number of rotatable bonds is 4. The zero-order chi connectivity index (χ0) is 18.5. The second kappa shape index (κ2) is 8.56. The Bertz CT molecular complexity index is 712. The lowest BCUT2D eigenvalue weighted by Gasteiger charge is -2.31. The smallest absolute Gasteiger partial charge is 0.338 e. The minimum absolute atomic E-state index is 0.326. The van der Waals surface area contributed by atoms with Crippen LogP contribution in [0.15, 0.2) is 35.5 Å². The average Bonchev–Trinajstić information content (AvgIpc) is 2.89. The molecule has 2 aliphatic heterocycles. The number of urea groups is 1. The molecule has 0 radical (unpaired) electrons. The number of ether oxygens (including phenoxy) is 1. The standard InChI is InChI=1S/C19H24ClN3O3/c1-26-18(24)16-15(12-23-9-4-2-3-5-10-23)21-19(25)22-17(16)13-7-6-8-14(20)11-13/h6-8,11,17H,2-5,9-10,12H2,1H3,(H2,21,22,25). The Labute approximate surface area is 158 Å². The molecule has 3 rings (SSSR count). The molecule has 2 N–H and O–H groups in total. The van der Waals surface area contributed by atoms with Crippen molar-refractivity contribution in [2.45, 2.75) is 31.7 Å². The molecule has 1 atom stereocenters. The molecule has 0 spiro atoms. The summed E-state index contributed by atoms with van der Waals surface area (Å²) in [7, 11) is 1.35. The normalized spacial score (nSPS) is 21.6. The van der Waals surface area contributed by atoms with Crippen molar-refractivity contribution in [1.82, 2.24) is 15.5 Å². The average molecular weight is 378 g/mol. The lowest BCUT2D eigenvalue weighted by atomic mass is 9.95. The highest BCUT2D eigenvalue weighted by molar-refractivity contribution is 6.30. The number of likely N-dealkylation sites (tertiary alicyclic amines) is 1. The molecule has 2 aliphatic rings. The molecule has 26 heavy (non-hydrogen) atoms. The minimum Gasteiger partial charge on any atom is -0.466 e. The molecule has 140 valence electrons. The third-order valence-corrected chi connectivity index (χ3v) is 5.06. The van der Waals surface area contributed by atoms with Crippen LogP contribution in [0.1, 0.15) is 37.3 Å². The Morgan fingerprint density at radius 2 is 2.00 bits per heavy atom. The van der Waals surface area contributed by atoms with E-state index < -0.39 is 12.0 Å². The van der Waals surface area contributed by atoms with Crippen LogP contribution < -0.4 is 10.6 Å². The van der Waals surface area contributed by atoms with Gasteiger partial charge in [-0.2, -0.15) is 0 Å². The molecule has 1 aromatic carbocycles. The first-order valence-corrected chi connectivity index (χ1v) is 9.33. The van der Waals surface area contributed by atoms with Crippen molar-refractivity contribution in [3.63, 3.8) is 0 Å². The first kappa shape index (κ1) is 18.7. The van der Waals surface area contributed by atoms with Crippen LogP contribution >= 0.6 is 11.6 Å². The second-order valence-electron chi connectivity index (χ2n) is 6.66. The molecule has 6 nitrogen and oxygen atoms in total. The second-order valence-corrected chi connectivity index (χ2v) is 7.10. The van der Waals surface area contributed by atoms with Gasteiger partial charge in [-0.15, -0.1) is 0 Å². The topological polar surface area (TPSA) is 70.7 Å². The quantitative estimate of drug-likeness (QED) is 0.791. The van der Waals surface area contributed by atoms with E-state index >= 15 is 0 Å². The van der Waals surface area contributed by atoms with Gasteiger partial charge in [0.15, 0.2) is 0 Å². The Morgan fingerprint density at radius 1 is 1.27 bits per heavy atom. The first-order chi connectivity index (χ1) is 12.6. The number of hydrogen-bond donors (Lipinski definition) is 2. The van der Waals surface area contributed by atoms with Gasteiger partial charge in [-0.1, -0.05) is 36.6 Å². The molecular weight excluding hydrogens is 354 g/mol. The van der Waals surface area contributed by atoms with E-state index in [0.717, 1.165) is 31.5 Å². The third-order valence-electron chi connectivity index (χ3n) is 4.82. The fourth-order valence-electron chi connectivity index (χ4n) is 3.55. The van der Waals surface area contributed by atoms with Crippen molar-refractivity contribution in [3.8, 4) is 0 Å². The lowest BCUT2D eigenvalue weighted by molar-refractivity contribution is -0.136. The summed E-state index contributed by atoms with van der Waals surface area (Å²) in [5, 5.41) is 6.19. The maximum Gasteiger partial charge on any atom is 0.338 e. The van der Waals surface area contributed by atoms with E-state index in [1.807, 2.05) is 6.07 Å². The maximum absolute atomic E-state index is 12.5. The molecule has 0 aliphatic carbocycles. The van der Waals surface area contributed by atoms with Gasteiger partial charge in [-0.3, -0.25) is 4.90 Å². The summed E-state index contributed by atoms with van der Waals surface area (Å²) in [4.78, 5) is 27.1. The number of methoxy groups -OCH3 is 1.